The first-order valence-corrected chi connectivity index (χ1v) is 13.3. The van der Waals surface area contributed by atoms with Crippen LogP contribution in [0, 0.1) is 11.6 Å². The number of rotatable bonds is 11. The van der Waals surface area contributed by atoms with E-state index in [2.05, 4.69) is 18.3 Å². The number of benzene rings is 2. The third-order valence-electron chi connectivity index (χ3n) is 6.09. The van der Waals surface area contributed by atoms with Gasteiger partial charge in [0.05, 0.1) is 17.4 Å². The van der Waals surface area contributed by atoms with Crippen molar-refractivity contribution in [2.45, 2.75) is 63.0 Å². The largest absolute Gasteiger partial charge is 0.459 e. The molecule has 0 aliphatic carbocycles. The van der Waals surface area contributed by atoms with Crippen molar-refractivity contribution < 1.29 is 26.7 Å². The van der Waals surface area contributed by atoms with Crippen LogP contribution in [0.3, 0.4) is 0 Å². The second kappa shape index (κ2) is 11.9. The number of hydrogen-bond donors (Lipinski definition) is 2. The lowest BCUT2D eigenvalue weighted by atomic mass is 10.0. The predicted octanol–water partition coefficient (Wildman–Crippen LogP) is 3.07. The van der Waals surface area contributed by atoms with Gasteiger partial charge in [0.2, 0.25) is 0 Å². The first kappa shape index (κ1) is 26.2. The van der Waals surface area contributed by atoms with Gasteiger partial charge < -0.3 is 15.8 Å². The Hall–Kier alpha value is -2.36. The zero-order valence-electron chi connectivity index (χ0n) is 19.3. The molecule has 0 spiro atoms. The van der Waals surface area contributed by atoms with Gasteiger partial charge in [0.1, 0.15) is 17.7 Å². The van der Waals surface area contributed by atoms with E-state index in [-0.39, 0.29) is 25.1 Å². The molecule has 0 amide bonds. The number of ether oxygens (including phenoxy) is 1. The Morgan fingerprint density at radius 2 is 1.85 bits per heavy atom. The lowest BCUT2D eigenvalue weighted by molar-refractivity contribution is -0.150. The Kier molecular flexibility index (Phi) is 9.16. The van der Waals surface area contributed by atoms with Gasteiger partial charge >= 0.3 is 5.97 Å². The highest BCUT2D eigenvalue weighted by atomic mass is 32.2. The summed E-state index contributed by atoms with van der Waals surface area (Å²) in [6.07, 6.45) is 0.931. The van der Waals surface area contributed by atoms with Crippen LogP contribution in [0.5, 0.6) is 0 Å². The number of carbonyl (C=O) groups excluding carboxylic acids is 1. The Morgan fingerprint density at radius 3 is 2.50 bits per heavy atom. The van der Waals surface area contributed by atoms with Crippen molar-refractivity contribution in [3.8, 4) is 0 Å². The lowest BCUT2D eigenvalue weighted by Gasteiger charge is -2.25. The molecule has 9 heteroatoms. The van der Waals surface area contributed by atoms with Crippen molar-refractivity contribution in [3.05, 3.63) is 70.8 Å². The lowest BCUT2D eigenvalue weighted by Crippen LogP contribution is -2.46. The van der Waals surface area contributed by atoms with Crippen molar-refractivity contribution in [2.24, 2.45) is 5.73 Å². The quantitative estimate of drug-likeness (QED) is 0.466. The van der Waals surface area contributed by atoms with Crippen molar-refractivity contribution in [3.63, 3.8) is 0 Å². The number of nitrogens with one attached hydrogen (secondary N) is 1. The van der Waals surface area contributed by atoms with Gasteiger partial charge in [-0.05, 0) is 54.5 Å². The fourth-order valence-corrected chi connectivity index (χ4v) is 6.04. The molecule has 186 valence electrons. The predicted molar refractivity (Wildman–Crippen MR) is 127 cm³/mol. The van der Waals surface area contributed by atoms with Crippen LogP contribution in [0.25, 0.3) is 0 Å². The van der Waals surface area contributed by atoms with Crippen LogP contribution >= 0.6 is 0 Å². The summed E-state index contributed by atoms with van der Waals surface area (Å²) in [5, 5.41) is 2.50. The number of aryl methyl sites for hydroxylation is 1. The van der Waals surface area contributed by atoms with Crippen LogP contribution in [-0.4, -0.2) is 44.1 Å². The topological polar surface area (TPSA) is 98.5 Å². The molecule has 3 rings (SSSR count). The molecule has 6 nitrogen and oxygen atoms in total. The first-order valence-electron chi connectivity index (χ1n) is 11.6. The minimum atomic E-state index is -3.29. The van der Waals surface area contributed by atoms with Gasteiger partial charge in [-0.2, -0.15) is 0 Å². The maximum Gasteiger partial charge on any atom is 0.307 e. The van der Waals surface area contributed by atoms with Crippen molar-refractivity contribution >= 4 is 15.8 Å². The van der Waals surface area contributed by atoms with E-state index in [1.165, 1.54) is 17.7 Å². The highest BCUT2D eigenvalue weighted by molar-refractivity contribution is 7.92. The Morgan fingerprint density at radius 1 is 1.15 bits per heavy atom. The van der Waals surface area contributed by atoms with Gasteiger partial charge in [0.15, 0.2) is 9.84 Å². The zero-order valence-corrected chi connectivity index (χ0v) is 20.1. The smallest absolute Gasteiger partial charge is 0.307 e. The van der Waals surface area contributed by atoms with Crippen LogP contribution in [0.1, 0.15) is 42.9 Å². The number of esters is 1. The second-order valence-corrected chi connectivity index (χ2v) is 11.2. The molecular weight excluding hydrogens is 462 g/mol. The summed E-state index contributed by atoms with van der Waals surface area (Å²) in [7, 11) is -3.29. The zero-order chi connectivity index (χ0) is 24.7. The molecule has 1 aliphatic heterocycles. The number of halogens is 2. The van der Waals surface area contributed by atoms with Gasteiger partial charge in [0.25, 0.3) is 0 Å². The molecule has 0 radical (unpaired) electrons. The van der Waals surface area contributed by atoms with E-state index >= 15 is 0 Å². The fraction of sp³-hybridized carbons (Fsp3) is 0.480. The molecule has 0 bridgehead atoms. The first-order chi connectivity index (χ1) is 16.2. The molecule has 0 saturated carbocycles. The van der Waals surface area contributed by atoms with E-state index in [9.17, 15) is 22.0 Å². The minimum Gasteiger partial charge on any atom is -0.459 e. The van der Waals surface area contributed by atoms with Crippen LogP contribution in [0.2, 0.25) is 0 Å². The molecule has 2 aromatic rings. The average Bonchev–Trinajstić information content (AvgIpc) is 3.10. The van der Waals surface area contributed by atoms with Crippen molar-refractivity contribution in [2.75, 3.05) is 12.3 Å². The maximum atomic E-state index is 13.6. The number of carbonyl (C=O) groups is 1. The second-order valence-electron chi connectivity index (χ2n) is 8.81. The highest BCUT2D eigenvalue weighted by Crippen LogP contribution is 2.23. The van der Waals surface area contributed by atoms with Gasteiger partial charge in [0, 0.05) is 25.2 Å². The van der Waals surface area contributed by atoms with E-state index in [1.54, 1.807) is 0 Å². The molecule has 3 atom stereocenters. The van der Waals surface area contributed by atoms with Crippen molar-refractivity contribution in [1.29, 1.82) is 0 Å². The molecule has 1 saturated heterocycles. The number of hydrogen-bond acceptors (Lipinski definition) is 6. The monoisotopic (exact) mass is 494 g/mol. The Bertz CT molecular complexity index is 1070. The van der Waals surface area contributed by atoms with Crippen LogP contribution in [0.4, 0.5) is 8.78 Å². The standard InChI is InChI=1S/C25H32F2N2O4S/c1-2-17-5-3-6-18(9-17)15-29-16-24(23(28)12-19-10-20(26)13-21(27)11-19)33-25(30)14-22-7-4-8-34(22,31)32/h3,5-6,9-11,13,22-24,29H,2,4,7-8,12,14-16,28H2,1H3/t22?,23-,24+/m0/s1. The highest BCUT2D eigenvalue weighted by Gasteiger charge is 2.34. The van der Waals surface area contributed by atoms with E-state index in [4.69, 9.17) is 10.5 Å². The minimum absolute atomic E-state index is 0.0808. The molecule has 1 unspecified atom stereocenters. The van der Waals surface area contributed by atoms with E-state index in [1.807, 2.05) is 18.2 Å². The number of nitrogens with two attached hydrogens (primary N) is 1. The summed E-state index contributed by atoms with van der Waals surface area (Å²) in [4.78, 5) is 12.6. The summed E-state index contributed by atoms with van der Waals surface area (Å²) in [6, 6.07) is 10.5. The Labute approximate surface area is 199 Å². The van der Waals surface area contributed by atoms with Gasteiger partial charge in [-0.15, -0.1) is 0 Å². The van der Waals surface area contributed by atoms with Crippen LogP contribution < -0.4 is 11.1 Å². The normalized spacial score (nSPS) is 19.0. The number of sulfone groups is 1. The van der Waals surface area contributed by atoms with E-state index in [0.717, 1.165) is 18.1 Å². The SMILES string of the molecule is CCc1cccc(CNC[C@@H](OC(=O)CC2CCCS2(=O)=O)[C@@H](N)Cc2cc(F)cc(F)c2)c1. The average molecular weight is 495 g/mol. The molecule has 34 heavy (non-hydrogen) atoms. The van der Waals surface area contributed by atoms with Crippen molar-refractivity contribution in [1.82, 2.24) is 5.32 Å². The van der Waals surface area contributed by atoms with Crippen LogP contribution in [0.15, 0.2) is 42.5 Å². The third-order valence-corrected chi connectivity index (χ3v) is 8.36. The van der Waals surface area contributed by atoms with Crippen LogP contribution in [-0.2, 0) is 38.8 Å². The van der Waals surface area contributed by atoms with E-state index in [0.29, 0.717) is 24.9 Å². The molecule has 2 aromatic carbocycles. The summed E-state index contributed by atoms with van der Waals surface area (Å²) in [5.74, 6) is -1.99. The molecule has 1 aliphatic rings. The van der Waals surface area contributed by atoms with Gasteiger partial charge in [-0.3, -0.25) is 4.79 Å². The van der Waals surface area contributed by atoms with E-state index < -0.39 is 44.8 Å². The molecule has 3 N–H and O–H groups in total. The molecule has 0 aromatic heterocycles. The summed E-state index contributed by atoms with van der Waals surface area (Å²) in [6.45, 7) is 2.79. The molecule has 1 heterocycles. The summed E-state index contributed by atoms with van der Waals surface area (Å²) >= 11 is 0. The summed E-state index contributed by atoms with van der Waals surface area (Å²) < 4.78 is 57.0. The van der Waals surface area contributed by atoms with Gasteiger partial charge in [-0.1, -0.05) is 31.2 Å². The Balaban J connectivity index is 1.66. The summed E-state index contributed by atoms with van der Waals surface area (Å²) in [5.41, 5.74) is 8.91. The fourth-order valence-electron chi connectivity index (χ4n) is 4.22. The molecule has 1 fully saturated rings. The molecular formula is C25H32F2N2O4S. The van der Waals surface area contributed by atoms with Gasteiger partial charge in [-0.25, -0.2) is 17.2 Å². The third kappa shape index (κ3) is 7.58. The maximum absolute atomic E-state index is 13.6.